The maximum atomic E-state index is 14.0. The number of hydrogen-bond acceptors (Lipinski definition) is 6. The summed E-state index contributed by atoms with van der Waals surface area (Å²) in [4.78, 5) is 33.5. The normalized spacial score (nSPS) is 15.3. The lowest BCUT2D eigenvalue weighted by atomic mass is 9.96. The van der Waals surface area contributed by atoms with E-state index >= 15 is 0 Å². The molecular weight excluding hydrogens is 653 g/mol. The molecular formula is C31H30IN3O3S2. The standard InChI is InChI=1S/C31H30IN3O3S2/c1-7-38-30(37)27-19(4)33-31-35(28(27)21-9-12-24(39-6)13-10-21)29(36)26(40-31)15-22-14-18(3)34(20(22)5)23-11-8-17(2)25(32)16-23/h8-16,28H,7H2,1-6H3/b26-15-/t28-/m1/s1. The summed E-state index contributed by atoms with van der Waals surface area (Å²) in [6.07, 6.45) is 3.96. The molecule has 1 atom stereocenters. The molecule has 1 aliphatic heterocycles. The monoisotopic (exact) mass is 683 g/mol. The highest BCUT2D eigenvalue weighted by atomic mass is 127. The molecule has 0 saturated heterocycles. The number of carbonyl (C=O) groups excluding carboxylic acids is 1. The topological polar surface area (TPSA) is 65.6 Å². The fraction of sp³-hybridized carbons (Fsp3) is 0.258. The van der Waals surface area contributed by atoms with Crippen molar-refractivity contribution < 1.29 is 9.53 Å². The smallest absolute Gasteiger partial charge is 0.338 e. The zero-order chi connectivity index (χ0) is 28.7. The first kappa shape index (κ1) is 28.6. The van der Waals surface area contributed by atoms with Gasteiger partial charge >= 0.3 is 5.97 Å². The molecule has 0 fully saturated rings. The maximum Gasteiger partial charge on any atom is 0.338 e. The van der Waals surface area contributed by atoms with Gasteiger partial charge in [-0.25, -0.2) is 9.79 Å². The maximum absolute atomic E-state index is 14.0. The lowest BCUT2D eigenvalue weighted by Crippen LogP contribution is -2.39. The number of nitrogens with zero attached hydrogens (tertiary/aromatic N) is 3. The number of carbonyl (C=O) groups is 1. The fourth-order valence-corrected chi connectivity index (χ4v) is 7.03. The van der Waals surface area contributed by atoms with Gasteiger partial charge in [-0.2, -0.15) is 0 Å². The molecule has 6 nitrogen and oxygen atoms in total. The van der Waals surface area contributed by atoms with Crippen LogP contribution in [0.2, 0.25) is 0 Å². The summed E-state index contributed by atoms with van der Waals surface area (Å²) < 4.78 is 11.0. The molecule has 0 amide bonds. The largest absolute Gasteiger partial charge is 0.463 e. The highest BCUT2D eigenvalue weighted by Gasteiger charge is 2.33. The van der Waals surface area contributed by atoms with Crippen molar-refractivity contribution in [3.8, 4) is 5.69 Å². The van der Waals surface area contributed by atoms with Gasteiger partial charge in [-0.05, 0) is 117 Å². The Hall–Kier alpha value is -2.89. The molecule has 2 aromatic carbocycles. The molecule has 4 aromatic rings. The van der Waals surface area contributed by atoms with Gasteiger partial charge in [0.25, 0.3) is 5.56 Å². The number of aromatic nitrogens is 2. The third kappa shape index (κ3) is 5.14. The molecule has 206 valence electrons. The number of esters is 1. The Balaban J connectivity index is 1.68. The van der Waals surface area contributed by atoms with E-state index in [1.54, 1.807) is 23.3 Å². The van der Waals surface area contributed by atoms with Gasteiger partial charge in [0.15, 0.2) is 4.80 Å². The number of thiazole rings is 1. The van der Waals surface area contributed by atoms with E-state index in [1.165, 1.54) is 20.5 Å². The minimum atomic E-state index is -0.615. The Morgan fingerprint density at radius 2 is 1.85 bits per heavy atom. The molecule has 0 unspecified atom stereocenters. The quantitative estimate of drug-likeness (QED) is 0.146. The van der Waals surface area contributed by atoms with Crippen LogP contribution in [0.3, 0.4) is 0 Å². The van der Waals surface area contributed by atoms with E-state index in [4.69, 9.17) is 9.73 Å². The van der Waals surface area contributed by atoms with Gasteiger partial charge < -0.3 is 9.30 Å². The van der Waals surface area contributed by atoms with Crippen LogP contribution < -0.4 is 14.9 Å². The number of halogens is 1. The van der Waals surface area contributed by atoms with Crippen LogP contribution in [0.1, 0.15) is 48.0 Å². The Labute approximate surface area is 255 Å². The first-order chi connectivity index (χ1) is 19.1. The number of benzene rings is 2. The van der Waals surface area contributed by atoms with E-state index in [0.29, 0.717) is 20.6 Å². The van der Waals surface area contributed by atoms with Crippen LogP contribution >= 0.6 is 45.7 Å². The molecule has 9 heteroatoms. The lowest BCUT2D eigenvalue weighted by molar-refractivity contribution is -0.139. The van der Waals surface area contributed by atoms with Gasteiger partial charge in [0.2, 0.25) is 0 Å². The summed E-state index contributed by atoms with van der Waals surface area (Å²) in [6.45, 7) is 10.1. The number of hydrogen-bond donors (Lipinski definition) is 0. The summed E-state index contributed by atoms with van der Waals surface area (Å²) in [7, 11) is 0. The third-order valence-electron chi connectivity index (χ3n) is 7.12. The molecule has 0 spiro atoms. The molecule has 1 aliphatic rings. The highest BCUT2D eigenvalue weighted by molar-refractivity contribution is 14.1. The van der Waals surface area contributed by atoms with Crippen molar-refractivity contribution in [2.45, 2.75) is 45.6 Å². The van der Waals surface area contributed by atoms with Crippen molar-refractivity contribution in [2.24, 2.45) is 4.99 Å². The minimum absolute atomic E-state index is 0.174. The predicted molar refractivity (Wildman–Crippen MR) is 171 cm³/mol. The summed E-state index contributed by atoms with van der Waals surface area (Å²) in [5.74, 6) is -0.451. The molecule has 0 bridgehead atoms. The third-order valence-corrected chi connectivity index (χ3v) is 10.0. The average Bonchev–Trinajstić information content (AvgIpc) is 3.38. The van der Waals surface area contributed by atoms with E-state index in [2.05, 4.69) is 72.2 Å². The van der Waals surface area contributed by atoms with Crippen LogP contribution in [0.25, 0.3) is 11.8 Å². The SMILES string of the molecule is CCOC(=O)C1=C(C)N=c2s/c(=C\c3cc(C)n(-c4ccc(C)c(I)c4)c3C)c(=O)n2[C@@H]1c1ccc(SC)cc1. The summed E-state index contributed by atoms with van der Waals surface area (Å²) in [5.41, 5.74) is 7.07. The van der Waals surface area contributed by atoms with Crippen molar-refractivity contribution in [1.82, 2.24) is 9.13 Å². The number of rotatable bonds is 6. The van der Waals surface area contributed by atoms with E-state index in [-0.39, 0.29) is 12.2 Å². The zero-order valence-corrected chi connectivity index (χ0v) is 27.0. The summed E-state index contributed by atoms with van der Waals surface area (Å²) in [5, 5.41) is 0. The first-order valence-corrected chi connectivity index (χ1v) is 16.1. The van der Waals surface area contributed by atoms with Crippen LogP contribution in [-0.4, -0.2) is 28.0 Å². The zero-order valence-electron chi connectivity index (χ0n) is 23.2. The van der Waals surface area contributed by atoms with Gasteiger partial charge in [0, 0.05) is 25.5 Å². The highest BCUT2D eigenvalue weighted by Crippen LogP contribution is 2.32. The lowest BCUT2D eigenvalue weighted by Gasteiger charge is -2.24. The Bertz CT molecular complexity index is 1850. The van der Waals surface area contributed by atoms with Crippen molar-refractivity contribution >= 4 is 57.7 Å². The molecule has 2 aromatic heterocycles. The molecule has 5 rings (SSSR count). The molecule has 0 radical (unpaired) electrons. The molecule has 0 N–H and O–H groups in total. The molecule has 3 heterocycles. The minimum Gasteiger partial charge on any atom is -0.463 e. The van der Waals surface area contributed by atoms with E-state index < -0.39 is 12.0 Å². The molecule has 0 aliphatic carbocycles. The Morgan fingerprint density at radius 1 is 1.12 bits per heavy atom. The second kappa shape index (κ2) is 11.5. The second-order valence-corrected chi connectivity index (χ2v) is 12.7. The van der Waals surface area contributed by atoms with Gasteiger partial charge in [0.1, 0.15) is 0 Å². The van der Waals surface area contributed by atoms with E-state index in [1.807, 2.05) is 43.5 Å². The van der Waals surface area contributed by atoms with Crippen molar-refractivity contribution in [1.29, 1.82) is 0 Å². The van der Waals surface area contributed by atoms with Gasteiger partial charge in [-0.1, -0.05) is 29.5 Å². The second-order valence-electron chi connectivity index (χ2n) is 9.67. The predicted octanol–water partition coefficient (Wildman–Crippen LogP) is 5.84. The number of thioether (sulfide) groups is 1. The van der Waals surface area contributed by atoms with Gasteiger partial charge in [-0.15, -0.1) is 11.8 Å². The average molecular weight is 684 g/mol. The van der Waals surface area contributed by atoms with Crippen molar-refractivity contribution in [2.75, 3.05) is 12.9 Å². The Kier molecular flexibility index (Phi) is 8.26. The fourth-order valence-electron chi connectivity index (χ4n) is 5.09. The number of allylic oxidation sites excluding steroid dienone is 1. The molecule has 0 saturated carbocycles. The number of fused-ring (bicyclic) bond motifs is 1. The molecule has 40 heavy (non-hydrogen) atoms. The summed E-state index contributed by atoms with van der Waals surface area (Å²) >= 11 is 5.35. The van der Waals surface area contributed by atoms with E-state index in [0.717, 1.165) is 33.1 Å². The van der Waals surface area contributed by atoms with Crippen LogP contribution in [0.15, 0.2) is 74.5 Å². The van der Waals surface area contributed by atoms with Gasteiger partial charge in [0.05, 0.1) is 28.5 Å². The van der Waals surface area contributed by atoms with E-state index in [9.17, 15) is 9.59 Å². The van der Waals surface area contributed by atoms with Crippen LogP contribution in [0, 0.1) is 24.3 Å². The summed E-state index contributed by atoms with van der Waals surface area (Å²) in [6, 6.07) is 15.9. The first-order valence-electron chi connectivity index (χ1n) is 12.9. The van der Waals surface area contributed by atoms with Crippen molar-refractivity contribution in [3.05, 3.63) is 111 Å². The van der Waals surface area contributed by atoms with Crippen molar-refractivity contribution in [3.63, 3.8) is 0 Å². The van der Waals surface area contributed by atoms with Crippen LogP contribution in [0.4, 0.5) is 0 Å². The number of aryl methyl sites for hydroxylation is 2. The van der Waals surface area contributed by atoms with Crippen LogP contribution in [0.5, 0.6) is 0 Å². The van der Waals surface area contributed by atoms with Gasteiger partial charge in [-0.3, -0.25) is 9.36 Å². The van der Waals surface area contributed by atoms with Crippen LogP contribution in [-0.2, 0) is 9.53 Å². The Morgan fingerprint density at radius 3 is 2.50 bits per heavy atom. The number of ether oxygens (including phenoxy) is 1.